The molecule has 25 N–H and O–H groups in total. The van der Waals surface area contributed by atoms with Crippen LogP contribution in [0.3, 0.4) is 0 Å². The molecule has 0 aliphatic heterocycles. The summed E-state index contributed by atoms with van der Waals surface area (Å²) < 4.78 is -2.23. The van der Waals surface area contributed by atoms with Crippen LogP contribution < -0.4 is 10.6 Å². The summed E-state index contributed by atoms with van der Waals surface area (Å²) in [5.41, 5.74) is -5.95. The molecule has 1 aromatic rings. The minimum atomic E-state index is -3.17. The van der Waals surface area contributed by atoms with E-state index in [0.717, 1.165) is 0 Å². The number of rotatable bonds is 34. The van der Waals surface area contributed by atoms with Gasteiger partial charge in [-0.1, -0.05) is 0 Å². The van der Waals surface area contributed by atoms with Gasteiger partial charge < -0.3 is 138 Å². The second-order valence-electron chi connectivity index (χ2n) is 17.1. The minimum Gasteiger partial charge on any atom is -0.481 e. The highest BCUT2D eigenvalue weighted by atomic mass is 79.9. The van der Waals surface area contributed by atoms with Crippen LogP contribution in [0.25, 0.3) is 0 Å². The van der Waals surface area contributed by atoms with Gasteiger partial charge in [0.1, 0.15) is 97.7 Å². The maximum Gasteiger partial charge on any atom is 0.306 e. The highest BCUT2D eigenvalue weighted by Crippen LogP contribution is 2.44. The van der Waals surface area contributed by atoms with E-state index in [4.69, 9.17) is 0 Å². The number of carbonyl (C=O) groups excluding carboxylic acids is 4. The van der Waals surface area contributed by atoms with Gasteiger partial charge in [0.25, 0.3) is 17.7 Å². The van der Waals surface area contributed by atoms with Crippen molar-refractivity contribution in [3.63, 3.8) is 0 Å². The average molecular weight is 1300 g/mol. The second kappa shape index (κ2) is 32.0. The molecule has 16 unspecified atom stereocenters. The zero-order valence-corrected chi connectivity index (χ0v) is 44.0. The van der Waals surface area contributed by atoms with Crippen LogP contribution in [-0.2, 0) is 19.2 Å². The Kier molecular flexibility index (Phi) is 29.8. The van der Waals surface area contributed by atoms with Crippen molar-refractivity contribution in [3.05, 3.63) is 24.5 Å². The number of aliphatic hydroxyl groups excluding tert-OH is 20. The van der Waals surface area contributed by atoms with Crippen LogP contribution in [0, 0.1) is 0 Å². The van der Waals surface area contributed by atoms with E-state index in [1.807, 2.05) is 0 Å². The summed E-state index contributed by atoms with van der Waals surface area (Å²) in [4.78, 5) is 79.7. The Balaban J connectivity index is 4.46. The summed E-state index contributed by atoms with van der Waals surface area (Å²) in [6.07, 6.45) is -40.8. The van der Waals surface area contributed by atoms with Crippen LogP contribution in [-0.4, -0.2) is 325 Å². The molecule has 1 aromatic carbocycles. The van der Waals surface area contributed by atoms with Crippen molar-refractivity contribution in [1.82, 2.24) is 15.1 Å². The predicted octanol–water partition coefficient (Wildman–Crippen LogP) is -11.7. The van der Waals surface area contributed by atoms with Gasteiger partial charge in [-0.3, -0.25) is 28.8 Å². The molecule has 76 heavy (non-hydrogen) atoms. The molecule has 16 atom stereocenters. The summed E-state index contributed by atoms with van der Waals surface area (Å²) >= 11 is 9.08. The smallest absolute Gasteiger partial charge is 0.306 e. The minimum absolute atomic E-state index is 0.294. The van der Waals surface area contributed by atoms with Crippen LogP contribution >= 0.6 is 47.8 Å². The van der Waals surface area contributed by atoms with Crippen molar-refractivity contribution in [3.8, 4) is 0 Å². The van der Waals surface area contributed by atoms with Gasteiger partial charge in [0.05, 0.1) is 71.6 Å². The summed E-state index contributed by atoms with van der Waals surface area (Å²) in [6, 6.07) is 0. The molecule has 438 valence electrons. The van der Waals surface area contributed by atoms with Crippen molar-refractivity contribution < 1.29 is 146 Å². The highest BCUT2D eigenvalue weighted by Gasteiger charge is 2.43. The van der Waals surface area contributed by atoms with Gasteiger partial charge in [0.2, 0.25) is 5.91 Å². The van der Waals surface area contributed by atoms with Crippen molar-refractivity contribution >= 4 is 89.0 Å². The summed E-state index contributed by atoms with van der Waals surface area (Å²) in [5, 5.41) is 238. The molecule has 0 aliphatic carbocycles. The quantitative estimate of drug-likeness (QED) is 0.0305. The summed E-state index contributed by atoms with van der Waals surface area (Å²) in [7, 11) is 0. The molecule has 0 saturated carbocycles. The van der Waals surface area contributed by atoms with Crippen molar-refractivity contribution in [1.29, 1.82) is 0 Å². The van der Waals surface area contributed by atoms with E-state index in [9.17, 15) is 146 Å². The Morgan fingerprint density at radius 3 is 0.921 bits per heavy atom. The van der Waals surface area contributed by atoms with E-state index in [1.165, 1.54) is 0 Å². The number of halogens is 3. The maximum atomic E-state index is 14.9. The fourth-order valence-corrected chi connectivity index (χ4v) is 9.63. The Morgan fingerprint density at radius 2 is 0.684 bits per heavy atom. The number of nitrogens with zero attached hydrogens (tertiary/aromatic N) is 2. The molecule has 0 radical (unpaired) electrons. The number of nitrogens with one attached hydrogen (secondary N) is 2. The second-order valence-corrected chi connectivity index (χ2v) is 19.5. The Hall–Kier alpha value is -3.36. The van der Waals surface area contributed by atoms with Crippen molar-refractivity contribution in [2.75, 3.05) is 64.5 Å². The maximum absolute atomic E-state index is 14.9. The standard InChI is InChI=1S/C40H63Br3N4O29/c41-25-23(37(73)46(4-12(52)29(65)33(69)16(56)8-48)5-13(53)30(66)34(70)17(57)9-49)26(42)28(45-20(60)3-44-39(75)40(76,1-21(61)62)2-22(63)64)27(43)24(25)38(74)47(6-14(54)31(67)35(71)18(58)10-50)7-15(55)32(68)36(72)19(59)11-51/h12-19,29-36,48-59,65-72,76H,1-11H2,(H,44,75)(H,45,60)(H,61,62)(H,63,64). The molecule has 0 aromatic heterocycles. The third-order valence-corrected chi connectivity index (χ3v) is 13.6. The molecule has 0 heterocycles. The number of amides is 4. The van der Waals surface area contributed by atoms with Crippen LogP contribution in [0.5, 0.6) is 0 Å². The first-order valence-electron chi connectivity index (χ1n) is 22.0. The zero-order valence-electron chi connectivity index (χ0n) is 39.3. The van der Waals surface area contributed by atoms with E-state index >= 15 is 0 Å². The lowest BCUT2D eigenvalue weighted by Gasteiger charge is -2.35. The van der Waals surface area contributed by atoms with Gasteiger partial charge in [-0.25, -0.2) is 0 Å². The van der Waals surface area contributed by atoms with Gasteiger partial charge in [0, 0.05) is 30.7 Å². The van der Waals surface area contributed by atoms with Gasteiger partial charge in [-0.2, -0.15) is 0 Å². The van der Waals surface area contributed by atoms with Gasteiger partial charge >= 0.3 is 11.9 Å². The number of hydrogen-bond acceptors (Lipinski definition) is 27. The Morgan fingerprint density at radius 1 is 0.434 bits per heavy atom. The SMILES string of the molecule is O=C(O)CC(O)(CC(=O)O)C(=O)NCC(=O)Nc1c(Br)c(C(=O)N(CC(O)C(O)C(O)C(O)CO)CC(O)C(O)C(O)C(O)CO)c(Br)c(C(=O)N(CC(O)C(O)C(O)C(O)CO)CC(O)C(O)C(O)C(O)CO)c1Br. The predicted molar refractivity (Wildman–Crippen MR) is 257 cm³/mol. The van der Waals surface area contributed by atoms with E-state index in [1.54, 1.807) is 5.32 Å². The largest absolute Gasteiger partial charge is 0.481 e. The third-order valence-electron chi connectivity index (χ3n) is 11.2. The topological polar surface area (TPSA) is 598 Å². The summed E-state index contributed by atoms with van der Waals surface area (Å²) in [6.45, 7) is -11.5. The number of aliphatic carboxylic acids is 2. The number of carboxylic acids is 2. The normalized spacial score (nSPS) is 18.4. The third kappa shape index (κ3) is 19.2. The molecule has 4 amide bonds. The first-order chi connectivity index (χ1) is 35.1. The lowest BCUT2D eigenvalue weighted by molar-refractivity contribution is -0.159. The van der Waals surface area contributed by atoms with Crippen LogP contribution in [0.4, 0.5) is 5.69 Å². The fourth-order valence-electron chi connectivity index (χ4n) is 6.77. The fraction of sp³-hybridized carbons (Fsp3) is 0.700. The molecule has 0 bridgehead atoms. The monoisotopic (exact) mass is 1300 g/mol. The van der Waals surface area contributed by atoms with E-state index in [0.29, 0.717) is 9.80 Å². The molecular formula is C40H63Br3N4O29. The Labute approximate surface area is 453 Å². The first kappa shape index (κ1) is 70.7. The van der Waals surface area contributed by atoms with Crippen LogP contribution in [0.15, 0.2) is 13.4 Å². The molecule has 0 saturated heterocycles. The summed E-state index contributed by atoms with van der Waals surface area (Å²) in [5.74, 6) is -10.2. The van der Waals surface area contributed by atoms with E-state index in [-0.39, 0.29) is 0 Å². The molecule has 36 heteroatoms. The van der Waals surface area contributed by atoms with Gasteiger partial charge in [-0.15, -0.1) is 0 Å². The lowest BCUT2D eigenvalue weighted by Crippen LogP contribution is -2.54. The number of hydrogen-bond donors (Lipinski definition) is 25. The van der Waals surface area contributed by atoms with Gasteiger partial charge in [0.15, 0.2) is 5.60 Å². The molecular weight excluding hydrogens is 1240 g/mol. The molecule has 0 spiro atoms. The average Bonchev–Trinajstić information content (AvgIpc) is 3.36. The lowest BCUT2D eigenvalue weighted by atomic mass is 9.94. The highest BCUT2D eigenvalue weighted by molar-refractivity contribution is 9.11. The first-order valence-corrected chi connectivity index (χ1v) is 24.3. The molecule has 0 fully saturated rings. The number of benzene rings is 1. The number of aliphatic hydroxyl groups is 21. The number of carbonyl (C=O) groups is 6. The molecule has 1 rings (SSSR count). The molecule has 0 aliphatic rings. The number of anilines is 1. The van der Waals surface area contributed by atoms with Crippen LogP contribution in [0.1, 0.15) is 33.6 Å². The Bertz CT molecular complexity index is 1920. The van der Waals surface area contributed by atoms with Crippen LogP contribution in [0.2, 0.25) is 0 Å². The molecule has 33 nitrogen and oxygen atoms in total. The van der Waals surface area contributed by atoms with E-state index < -0.39 is 241 Å². The van der Waals surface area contributed by atoms with Crippen molar-refractivity contribution in [2.24, 2.45) is 0 Å². The van der Waals surface area contributed by atoms with Crippen molar-refractivity contribution in [2.45, 2.75) is 116 Å². The van der Waals surface area contributed by atoms with E-state index in [2.05, 4.69) is 53.1 Å². The van der Waals surface area contributed by atoms with Gasteiger partial charge in [-0.05, 0) is 47.8 Å². The number of carboxylic acid groups (broad SMARTS) is 2. The zero-order chi connectivity index (χ0) is 59.0.